The normalized spacial score (nSPS) is 21.6. The minimum atomic E-state index is -4.63. The molecule has 56 heavy (non-hydrogen) atoms. The van der Waals surface area contributed by atoms with Gasteiger partial charge in [0.25, 0.3) is 0 Å². The number of aliphatic hydroxyl groups excluding tert-OH is 2. The molecule has 0 aliphatic carbocycles. The van der Waals surface area contributed by atoms with Gasteiger partial charge in [-0.3, -0.25) is 14.0 Å². The number of pyridine rings is 1. The molecule has 0 bridgehead atoms. The van der Waals surface area contributed by atoms with E-state index in [0.717, 1.165) is 35.9 Å². The lowest BCUT2D eigenvalue weighted by atomic mass is 9.97. The van der Waals surface area contributed by atoms with Crippen molar-refractivity contribution >= 4 is 30.1 Å². The summed E-state index contributed by atoms with van der Waals surface area (Å²) >= 11 is 0. The predicted octanol–water partition coefficient (Wildman–Crippen LogP) is 8.78. The lowest BCUT2D eigenvalue weighted by Gasteiger charge is -2.28. The maximum Gasteiger partial charge on any atom is 0.472 e. The fraction of sp³-hybridized carbons (Fsp3) is 0.643. The molecule has 5 N–H and O–H groups in total. The van der Waals surface area contributed by atoms with Crippen LogP contribution in [0.3, 0.4) is 0 Å². The van der Waals surface area contributed by atoms with E-state index in [-0.39, 0.29) is 19.0 Å². The summed E-state index contributed by atoms with van der Waals surface area (Å²) in [6.07, 6.45) is 18.0. The minimum absolute atomic E-state index is 0.178. The SMILES string of the molecule is CCCCCCCCCCCCCCCCCC[C@@H](COP(=O)(O)OC[C@@]1(C)O[C@@H](c2ccc3c(N)ncnn23)[C@H](O)[C@@H]1O)OCc1ccc2ccccc2n1. The Hall–Kier alpha value is -3.00. The summed E-state index contributed by atoms with van der Waals surface area (Å²) in [6.45, 7) is 3.28. The maximum absolute atomic E-state index is 13.2. The third kappa shape index (κ3) is 13.0. The van der Waals surface area contributed by atoms with Crippen molar-refractivity contribution < 1.29 is 38.2 Å². The van der Waals surface area contributed by atoms with Crippen LogP contribution in [-0.2, 0) is 29.7 Å². The molecule has 1 unspecified atom stereocenters. The second kappa shape index (κ2) is 22.2. The highest BCUT2D eigenvalue weighted by molar-refractivity contribution is 7.47. The van der Waals surface area contributed by atoms with Gasteiger partial charge in [0.15, 0.2) is 5.82 Å². The van der Waals surface area contributed by atoms with Crippen LogP contribution >= 0.6 is 7.82 Å². The fourth-order valence-electron chi connectivity index (χ4n) is 7.45. The maximum atomic E-state index is 13.2. The zero-order valence-corrected chi connectivity index (χ0v) is 34.2. The van der Waals surface area contributed by atoms with E-state index in [4.69, 9.17) is 29.2 Å². The molecule has 1 aromatic carbocycles. The molecule has 1 aliphatic heterocycles. The number of unbranched alkanes of at least 4 members (excludes halogenated alkanes) is 15. The van der Waals surface area contributed by atoms with E-state index in [1.807, 2.05) is 36.4 Å². The standard InChI is InChI=1S/C42H64N5O8P/c1-3-4-5-6-7-8-9-10-11-12-13-14-15-16-17-18-22-34(52-28-33-25-24-32-21-19-20-23-35(32)46-33)29-53-56(50,51)54-30-42(2)40(49)38(48)39(55-42)36-26-27-37-41(43)44-31-45-47(36)37/h19-21,23-27,31,34,38-40,48-49H,3-18,22,28-30H2,1-2H3,(H,50,51)(H2,43,44,45)/t34-,38-,39-,40-,42+/m0/s1. The van der Waals surface area contributed by atoms with Gasteiger partial charge in [0.05, 0.1) is 42.8 Å². The van der Waals surface area contributed by atoms with Crippen LogP contribution in [0.4, 0.5) is 5.82 Å². The van der Waals surface area contributed by atoms with Crippen molar-refractivity contribution in [3.05, 3.63) is 66.2 Å². The molecule has 1 aliphatic rings. The first kappa shape index (κ1) is 44.1. The first-order valence-electron chi connectivity index (χ1n) is 20.8. The molecule has 5 rings (SSSR count). The number of hydrogen-bond donors (Lipinski definition) is 4. The average molecular weight is 798 g/mol. The van der Waals surface area contributed by atoms with Crippen molar-refractivity contribution in [3.8, 4) is 0 Å². The highest BCUT2D eigenvalue weighted by Gasteiger charge is 2.53. The third-order valence-corrected chi connectivity index (χ3v) is 11.8. The Morgan fingerprint density at radius 2 is 1.52 bits per heavy atom. The molecule has 0 radical (unpaired) electrons. The third-order valence-electron chi connectivity index (χ3n) is 10.9. The van der Waals surface area contributed by atoms with Crippen LogP contribution < -0.4 is 5.73 Å². The van der Waals surface area contributed by atoms with Gasteiger partial charge in [0.2, 0.25) is 0 Å². The van der Waals surface area contributed by atoms with Crippen LogP contribution in [0.25, 0.3) is 16.4 Å². The van der Waals surface area contributed by atoms with Gasteiger partial charge in [-0.2, -0.15) is 5.10 Å². The second-order valence-electron chi connectivity index (χ2n) is 15.5. The molecule has 4 heterocycles. The van der Waals surface area contributed by atoms with Gasteiger partial charge < -0.3 is 30.3 Å². The van der Waals surface area contributed by atoms with Gasteiger partial charge in [-0.25, -0.2) is 14.1 Å². The molecular weight excluding hydrogens is 733 g/mol. The number of nitrogens with zero attached hydrogens (tertiary/aromatic N) is 4. The molecule has 1 saturated heterocycles. The number of benzene rings is 1. The highest BCUT2D eigenvalue weighted by atomic mass is 31.2. The molecule has 310 valence electrons. The van der Waals surface area contributed by atoms with Gasteiger partial charge in [-0.1, -0.05) is 134 Å². The Bertz CT molecular complexity index is 1810. The van der Waals surface area contributed by atoms with Crippen LogP contribution in [-0.4, -0.2) is 71.8 Å². The quantitative estimate of drug-likeness (QED) is 0.0333. The zero-order valence-electron chi connectivity index (χ0n) is 33.3. The number of fused-ring (bicyclic) bond motifs is 2. The summed E-state index contributed by atoms with van der Waals surface area (Å²) in [6, 6.07) is 15.1. The van der Waals surface area contributed by atoms with Crippen molar-refractivity contribution in [1.82, 2.24) is 19.6 Å². The van der Waals surface area contributed by atoms with Gasteiger partial charge in [0, 0.05) is 5.39 Å². The van der Waals surface area contributed by atoms with Gasteiger partial charge in [-0.05, 0) is 37.6 Å². The number of phosphoric acid groups is 1. The molecule has 13 nitrogen and oxygen atoms in total. The van der Waals surface area contributed by atoms with E-state index in [0.29, 0.717) is 17.6 Å². The number of para-hydroxylation sites is 1. The van der Waals surface area contributed by atoms with Crippen molar-refractivity contribution in [2.75, 3.05) is 18.9 Å². The van der Waals surface area contributed by atoms with E-state index in [9.17, 15) is 19.7 Å². The van der Waals surface area contributed by atoms with Crippen LogP contribution in [0.1, 0.15) is 140 Å². The number of rotatable bonds is 27. The van der Waals surface area contributed by atoms with Crippen LogP contribution in [0.15, 0.2) is 54.9 Å². The summed E-state index contributed by atoms with van der Waals surface area (Å²) in [7, 11) is -4.63. The van der Waals surface area contributed by atoms with Crippen LogP contribution in [0.2, 0.25) is 0 Å². The summed E-state index contributed by atoms with van der Waals surface area (Å²) < 4.78 is 37.8. The smallest absolute Gasteiger partial charge is 0.387 e. The molecule has 4 aromatic rings. The Kier molecular flexibility index (Phi) is 17.5. The van der Waals surface area contributed by atoms with Crippen molar-refractivity contribution in [3.63, 3.8) is 0 Å². The number of nitrogens with two attached hydrogens (primary N) is 1. The minimum Gasteiger partial charge on any atom is -0.387 e. The lowest BCUT2D eigenvalue weighted by molar-refractivity contribution is -0.101. The Balaban J connectivity index is 1.06. The van der Waals surface area contributed by atoms with Crippen LogP contribution in [0.5, 0.6) is 0 Å². The van der Waals surface area contributed by atoms with E-state index >= 15 is 0 Å². The molecule has 0 saturated carbocycles. The van der Waals surface area contributed by atoms with E-state index < -0.39 is 44.4 Å². The summed E-state index contributed by atoms with van der Waals surface area (Å²) in [4.78, 5) is 19.4. The number of hydrogen-bond acceptors (Lipinski definition) is 11. The fourth-order valence-corrected chi connectivity index (χ4v) is 8.30. The second-order valence-corrected chi connectivity index (χ2v) is 17.0. The molecule has 3 aromatic heterocycles. The van der Waals surface area contributed by atoms with Gasteiger partial charge in [-0.15, -0.1) is 0 Å². The van der Waals surface area contributed by atoms with Gasteiger partial charge in [0.1, 0.15) is 35.8 Å². The molecule has 1 fully saturated rings. The topological polar surface area (TPSA) is 184 Å². The zero-order chi connectivity index (χ0) is 39.8. The number of nitrogen functional groups attached to an aromatic ring is 1. The number of aromatic nitrogens is 4. The average Bonchev–Trinajstić information content (AvgIpc) is 3.73. The first-order valence-corrected chi connectivity index (χ1v) is 22.3. The molecule has 0 spiro atoms. The number of phosphoric ester groups is 1. The Morgan fingerprint density at radius 1 is 0.875 bits per heavy atom. The van der Waals surface area contributed by atoms with Crippen molar-refractivity contribution in [1.29, 1.82) is 0 Å². The highest BCUT2D eigenvalue weighted by Crippen LogP contribution is 2.48. The number of aliphatic hydroxyl groups is 2. The molecule has 14 heteroatoms. The number of ether oxygens (including phenoxy) is 2. The van der Waals surface area contributed by atoms with Crippen molar-refractivity contribution in [2.45, 2.75) is 160 Å². The summed E-state index contributed by atoms with van der Waals surface area (Å²) in [5.41, 5.74) is 6.98. The van der Waals surface area contributed by atoms with Crippen LogP contribution in [0, 0.1) is 0 Å². The van der Waals surface area contributed by atoms with Crippen molar-refractivity contribution in [2.24, 2.45) is 0 Å². The van der Waals surface area contributed by atoms with E-state index in [2.05, 4.69) is 17.0 Å². The van der Waals surface area contributed by atoms with Gasteiger partial charge >= 0.3 is 7.82 Å². The largest absolute Gasteiger partial charge is 0.472 e. The number of anilines is 1. The summed E-state index contributed by atoms with van der Waals surface area (Å²) in [5.74, 6) is 0.245. The predicted molar refractivity (Wildman–Crippen MR) is 218 cm³/mol. The van der Waals surface area contributed by atoms with E-state index in [1.165, 1.54) is 101 Å². The molecule has 0 amide bonds. The van der Waals surface area contributed by atoms with E-state index in [1.54, 1.807) is 12.1 Å². The first-order chi connectivity index (χ1) is 27.1. The lowest BCUT2D eigenvalue weighted by Crippen LogP contribution is -2.44. The molecule has 6 atom stereocenters. The Labute approximate surface area is 331 Å². The molecular formula is C42H64N5O8P. The Morgan fingerprint density at radius 3 is 2.20 bits per heavy atom. The monoisotopic (exact) mass is 797 g/mol. The summed E-state index contributed by atoms with van der Waals surface area (Å²) in [5, 5.41) is 27.2.